The molecule has 0 aliphatic carbocycles. The third kappa shape index (κ3) is 3.97. The van der Waals surface area contributed by atoms with Crippen molar-refractivity contribution in [2.75, 3.05) is 25.7 Å². The van der Waals surface area contributed by atoms with Crippen molar-refractivity contribution in [3.05, 3.63) is 93.5 Å². The van der Waals surface area contributed by atoms with Crippen molar-refractivity contribution in [1.82, 2.24) is 4.90 Å². The first-order valence-electron chi connectivity index (χ1n) is 11.6. The number of hydrogen-bond donors (Lipinski definition) is 0. The highest BCUT2D eigenvalue weighted by molar-refractivity contribution is 6.22. The highest BCUT2D eigenvalue weighted by atomic mass is 16.6. The van der Waals surface area contributed by atoms with E-state index in [1.165, 1.54) is 17.0 Å². The van der Waals surface area contributed by atoms with E-state index in [2.05, 4.69) is 0 Å². The van der Waals surface area contributed by atoms with Gasteiger partial charge in [0.25, 0.3) is 11.6 Å². The number of non-ortho nitro benzene ring substituents is 1. The van der Waals surface area contributed by atoms with Gasteiger partial charge in [-0.25, -0.2) is 4.90 Å². The van der Waals surface area contributed by atoms with Gasteiger partial charge in [-0.2, -0.15) is 0 Å². The fourth-order valence-corrected chi connectivity index (χ4v) is 5.20. The van der Waals surface area contributed by atoms with Gasteiger partial charge in [0.05, 0.1) is 43.3 Å². The van der Waals surface area contributed by atoms with Crippen LogP contribution in [0.25, 0.3) is 0 Å². The Morgan fingerprint density at radius 2 is 1.67 bits per heavy atom. The maximum Gasteiger partial charge on any atom is 0.269 e. The fraction of sp³-hybridized carbons (Fsp3) is 0.259. The zero-order valence-electron chi connectivity index (χ0n) is 19.9. The number of carbonyl (C=O) groups excluding carboxylic acids is 2. The molecular formula is C27H25N3O6. The summed E-state index contributed by atoms with van der Waals surface area (Å²) in [6.07, 6.45) is 0.645. The lowest BCUT2D eigenvalue weighted by atomic mass is 9.86. The van der Waals surface area contributed by atoms with Gasteiger partial charge >= 0.3 is 0 Å². The van der Waals surface area contributed by atoms with Crippen molar-refractivity contribution in [3.63, 3.8) is 0 Å². The van der Waals surface area contributed by atoms with Crippen molar-refractivity contribution in [2.24, 2.45) is 0 Å². The van der Waals surface area contributed by atoms with Gasteiger partial charge in [0.15, 0.2) is 11.5 Å². The van der Waals surface area contributed by atoms with Gasteiger partial charge in [-0.05, 0) is 47.4 Å². The van der Waals surface area contributed by atoms with Crippen LogP contribution in [-0.4, -0.2) is 48.4 Å². The van der Waals surface area contributed by atoms with E-state index in [9.17, 15) is 19.7 Å². The molecule has 2 heterocycles. The van der Waals surface area contributed by atoms with Gasteiger partial charge in [-0.1, -0.05) is 30.3 Å². The largest absolute Gasteiger partial charge is 0.493 e. The first kappa shape index (κ1) is 23.5. The SMILES string of the molecule is COc1cc2c(cc1OC)[C@H](c1cccc([N+](=O)[O-])c1)N([C@@H]1CC(=O)N(c3ccccc3)C1=O)CC2. The number of nitrogens with zero attached hydrogens (tertiary/aromatic N) is 3. The van der Waals surface area contributed by atoms with Gasteiger partial charge < -0.3 is 9.47 Å². The standard InChI is InChI=1S/C27H25N3O6/c1-35-23-14-17-11-12-28(22-16-25(31)29(27(22)32)19-8-4-3-5-9-19)26(21(17)15-24(23)36-2)18-7-6-10-20(13-18)30(33)34/h3-10,13-15,22,26H,11-12,16H2,1-2H3/t22-,26+/m1/s1. The van der Waals surface area contributed by atoms with Crippen LogP contribution in [0.15, 0.2) is 66.7 Å². The Morgan fingerprint density at radius 1 is 0.944 bits per heavy atom. The molecule has 5 rings (SSSR count). The molecule has 184 valence electrons. The molecule has 2 aliphatic rings. The van der Waals surface area contributed by atoms with E-state index in [4.69, 9.17) is 9.47 Å². The number of nitro groups is 1. The van der Waals surface area contributed by atoms with Crippen molar-refractivity contribution in [2.45, 2.75) is 24.9 Å². The van der Waals surface area contributed by atoms with E-state index in [0.29, 0.717) is 35.7 Å². The maximum absolute atomic E-state index is 13.6. The summed E-state index contributed by atoms with van der Waals surface area (Å²) in [5.41, 5.74) is 3.01. The van der Waals surface area contributed by atoms with Crippen LogP contribution < -0.4 is 14.4 Å². The summed E-state index contributed by atoms with van der Waals surface area (Å²) in [5, 5.41) is 11.5. The zero-order chi connectivity index (χ0) is 25.4. The Bertz CT molecular complexity index is 1340. The lowest BCUT2D eigenvalue weighted by Crippen LogP contribution is -2.47. The van der Waals surface area contributed by atoms with Gasteiger partial charge in [-0.3, -0.25) is 24.6 Å². The Labute approximate surface area is 208 Å². The molecule has 36 heavy (non-hydrogen) atoms. The number of carbonyl (C=O) groups is 2. The molecule has 0 N–H and O–H groups in total. The van der Waals surface area contributed by atoms with Crippen molar-refractivity contribution >= 4 is 23.2 Å². The minimum Gasteiger partial charge on any atom is -0.493 e. The molecular weight excluding hydrogens is 462 g/mol. The van der Waals surface area contributed by atoms with E-state index >= 15 is 0 Å². The molecule has 3 aromatic rings. The Balaban J connectivity index is 1.62. The number of imide groups is 1. The van der Waals surface area contributed by atoms with Gasteiger partial charge in [0.1, 0.15) is 0 Å². The molecule has 1 saturated heterocycles. The van der Waals surface area contributed by atoms with Crippen LogP contribution in [0.1, 0.15) is 29.2 Å². The molecule has 2 amide bonds. The predicted octanol–water partition coefficient (Wildman–Crippen LogP) is 3.89. The summed E-state index contributed by atoms with van der Waals surface area (Å²) in [7, 11) is 3.11. The van der Waals surface area contributed by atoms with E-state index < -0.39 is 17.0 Å². The first-order valence-corrected chi connectivity index (χ1v) is 11.6. The number of fused-ring (bicyclic) bond motifs is 1. The molecule has 0 spiro atoms. The van der Waals surface area contributed by atoms with E-state index in [1.54, 1.807) is 44.6 Å². The lowest BCUT2D eigenvalue weighted by Gasteiger charge is -2.40. The molecule has 9 nitrogen and oxygen atoms in total. The Kier molecular flexibility index (Phi) is 6.15. The minimum absolute atomic E-state index is 0.0295. The number of amides is 2. The van der Waals surface area contributed by atoms with Crippen molar-refractivity contribution in [1.29, 1.82) is 0 Å². The first-order chi connectivity index (χ1) is 17.4. The number of rotatable bonds is 6. The average Bonchev–Trinajstić information content (AvgIpc) is 3.20. The molecule has 2 atom stereocenters. The maximum atomic E-state index is 13.6. The smallest absolute Gasteiger partial charge is 0.269 e. The Morgan fingerprint density at radius 3 is 2.36 bits per heavy atom. The lowest BCUT2D eigenvalue weighted by molar-refractivity contribution is -0.384. The second kappa shape index (κ2) is 9.43. The van der Waals surface area contributed by atoms with Crippen LogP contribution in [0.5, 0.6) is 11.5 Å². The van der Waals surface area contributed by atoms with Crippen LogP contribution in [0, 0.1) is 10.1 Å². The highest BCUT2D eigenvalue weighted by Gasteiger charge is 2.46. The molecule has 9 heteroatoms. The number of hydrogen-bond acceptors (Lipinski definition) is 7. The number of benzene rings is 3. The molecule has 0 saturated carbocycles. The second-order valence-electron chi connectivity index (χ2n) is 8.77. The summed E-state index contributed by atoms with van der Waals surface area (Å²) < 4.78 is 11.0. The van der Waals surface area contributed by atoms with E-state index in [0.717, 1.165) is 11.1 Å². The molecule has 0 aromatic heterocycles. The summed E-state index contributed by atoms with van der Waals surface area (Å²) in [4.78, 5) is 40.9. The van der Waals surface area contributed by atoms with Crippen LogP contribution >= 0.6 is 0 Å². The minimum atomic E-state index is -0.705. The molecule has 3 aromatic carbocycles. The van der Waals surface area contributed by atoms with Crippen LogP contribution in [0.3, 0.4) is 0 Å². The van der Waals surface area contributed by atoms with E-state index in [1.807, 2.05) is 29.2 Å². The summed E-state index contributed by atoms with van der Waals surface area (Å²) in [6, 6.07) is 17.9. The predicted molar refractivity (Wildman–Crippen MR) is 132 cm³/mol. The molecule has 0 unspecified atom stereocenters. The van der Waals surface area contributed by atoms with Crippen molar-refractivity contribution < 1.29 is 24.0 Å². The van der Waals surface area contributed by atoms with Gasteiger partial charge in [0, 0.05) is 18.7 Å². The normalized spacial score (nSPS) is 19.8. The van der Waals surface area contributed by atoms with Gasteiger partial charge in [0.2, 0.25) is 5.91 Å². The number of methoxy groups -OCH3 is 2. The molecule has 0 bridgehead atoms. The summed E-state index contributed by atoms with van der Waals surface area (Å²) >= 11 is 0. The monoisotopic (exact) mass is 487 g/mol. The quantitative estimate of drug-likeness (QED) is 0.295. The van der Waals surface area contributed by atoms with Crippen molar-refractivity contribution in [3.8, 4) is 11.5 Å². The fourth-order valence-electron chi connectivity index (χ4n) is 5.20. The number of nitro benzene ring substituents is 1. The van der Waals surface area contributed by atoms with Gasteiger partial charge in [-0.15, -0.1) is 0 Å². The Hall–Kier alpha value is -4.24. The number of anilines is 1. The number of para-hydroxylation sites is 1. The highest BCUT2D eigenvalue weighted by Crippen LogP contribution is 2.43. The molecule has 2 aliphatic heterocycles. The average molecular weight is 488 g/mol. The molecule has 1 fully saturated rings. The number of ether oxygens (including phenoxy) is 2. The molecule has 0 radical (unpaired) electrons. The third-order valence-electron chi connectivity index (χ3n) is 6.85. The van der Waals surface area contributed by atoms with E-state index in [-0.39, 0.29) is 23.9 Å². The van der Waals surface area contributed by atoms with Crippen LogP contribution in [0.4, 0.5) is 11.4 Å². The zero-order valence-corrected chi connectivity index (χ0v) is 19.9. The second-order valence-corrected chi connectivity index (χ2v) is 8.77. The van der Waals surface area contributed by atoms with Crippen LogP contribution in [0.2, 0.25) is 0 Å². The summed E-state index contributed by atoms with van der Waals surface area (Å²) in [6.45, 7) is 0.488. The van der Waals surface area contributed by atoms with Crippen LogP contribution in [-0.2, 0) is 16.0 Å². The third-order valence-corrected chi connectivity index (χ3v) is 6.85. The topological polar surface area (TPSA) is 102 Å². The summed E-state index contributed by atoms with van der Waals surface area (Å²) in [5.74, 6) is 0.538.